The quantitative estimate of drug-likeness (QED) is 0.423. The minimum atomic E-state index is -3.13. The molecule has 38 heavy (non-hydrogen) atoms. The number of carbonyl (C=O) groups is 1. The molecule has 1 amide bonds. The monoisotopic (exact) mass is 543 g/mol. The molecule has 202 valence electrons. The van der Waals surface area contributed by atoms with Crippen molar-refractivity contribution in [3.8, 4) is 5.75 Å². The summed E-state index contributed by atoms with van der Waals surface area (Å²) < 4.78 is 27.8. The number of hydrogen-bond acceptors (Lipinski definition) is 7. The first-order valence-corrected chi connectivity index (χ1v) is 13.0. The van der Waals surface area contributed by atoms with Crippen molar-refractivity contribution >= 4 is 17.5 Å². The van der Waals surface area contributed by atoms with Gasteiger partial charge < -0.3 is 30.7 Å². The van der Waals surface area contributed by atoms with Crippen LogP contribution in [0.25, 0.3) is 0 Å². The van der Waals surface area contributed by atoms with Crippen molar-refractivity contribution in [2.75, 3.05) is 13.7 Å². The maximum absolute atomic E-state index is 16.1. The first kappa shape index (κ1) is 26.6. The van der Waals surface area contributed by atoms with E-state index in [2.05, 4.69) is 10.3 Å². The molecule has 1 aromatic carbocycles. The highest BCUT2D eigenvalue weighted by Crippen LogP contribution is 2.51. The molecular formula is C28H31ClFN3O5. The minimum Gasteiger partial charge on any atom is -0.494 e. The number of fused-ring (bicyclic) bond motifs is 1. The second-order valence-electron chi connectivity index (χ2n) is 10.1. The van der Waals surface area contributed by atoms with Gasteiger partial charge in [-0.15, -0.1) is 0 Å². The molecule has 0 radical (unpaired) electrons. The molecule has 1 aromatic heterocycles. The lowest BCUT2D eigenvalue weighted by molar-refractivity contribution is -0.122. The van der Waals surface area contributed by atoms with E-state index in [4.69, 9.17) is 26.8 Å². The van der Waals surface area contributed by atoms with Crippen molar-refractivity contribution in [1.82, 2.24) is 10.3 Å². The lowest BCUT2D eigenvalue weighted by Gasteiger charge is -2.35. The molecule has 5 N–H and O–H groups in total. The zero-order valence-electron chi connectivity index (χ0n) is 21.0. The fraction of sp³-hybridized carbons (Fsp3) is 0.429. The van der Waals surface area contributed by atoms with Crippen LogP contribution < -0.4 is 15.8 Å². The summed E-state index contributed by atoms with van der Waals surface area (Å²) in [5, 5.41) is 24.3. The average molecular weight is 544 g/mol. The van der Waals surface area contributed by atoms with Gasteiger partial charge >= 0.3 is 0 Å². The Hall–Kier alpha value is -2.98. The number of hydrogen-bond donors (Lipinski definition) is 4. The number of halogens is 2. The van der Waals surface area contributed by atoms with E-state index in [1.807, 2.05) is 18.2 Å². The van der Waals surface area contributed by atoms with Crippen LogP contribution in [0.3, 0.4) is 0 Å². The highest BCUT2D eigenvalue weighted by molar-refractivity contribution is 6.32. The largest absolute Gasteiger partial charge is 0.494 e. The van der Waals surface area contributed by atoms with E-state index in [0.29, 0.717) is 35.5 Å². The number of carbonyl (C=O) groups excluding carboxylic acids is 1. The number of aliphatic hydroxyl groups excluding tert-OH is 1. The molecule has 0 spiro atoms. The van der Waals surface area contributed by atoms with Gasteiger partial charge in [-0.3, -0.25) is 9.78 Å². The van der Waals surface area contributed by atoms with Crippen molar-refractivity contribution < 1.29 is 28.9 Å². The molecule has 1 aliphatic heterocycles. The average Bonchev–Trinajstić information content (AvgIpc) is 3.29. The standard InChI is InChI=1S/C28H31ClFN3O5/c1-37-25-21(29)13-19(26(31)35)24(28(25,30)36)18-5-4-6-22-20(18)14-27(38-22,23-7-2-3-12-32-23)15-33-16-8-10-17(34)11-9-16/h2-7,12-13,16-17,24,33-34,36H,8-11,14-15H2,1H3,(H2,31,35)/t16-,17+,24-,27?,28-/m1/s1. The number of alkyl halides is 1. The topological polar surface area (TPSA) is 127 Å². The second-order valence-corrected chi connectivity index (χ2v) is 10.6. The van der Waals surface area contributed by atoms with Gasteiger partial charge in [0.25, 0.3) is 5.85 Å². The summed E-state index contributed by atoms with van der Waals surface area (Å²) in [5.74, 6) is -5.52. The number of allylic oxidation sites excluding steroid dienone is 2. The zero-order valence-corrected chi connectivity index (χ0v) is 21.7. The van der Waals surface area contributed by atoms with E-state index in [9.17, 15) is 15.0 Å². The zero-order chi connectivity index (χ0) is 27.1. The fourth-order valence-electron chi connectivity index (χ4n) is 5.84. The molecular weight excluding hydrogens is 513 g/mol. The van der Waals surface area contributed by atoms with E-state index >= 15 is 4.39 Å². The maximum atomic E-state index is 16.1. The molecule has 1 unspecified atom stereocenters. The number of aliphatic hydroxyl groups is 2. The lowest BCUT2D eigenvalue weighted by Crippen LogP contribution is -2.47. The van der Waals surface area contributed by atoms with Gasteiger partial charge in [-0.1, -0.05) is 29.8 Å². The number of amides is 1. The highest BCUT2D eigenvalue weighted by Gasteiger charge is 2.53. The van der Waals surface area contributed by atoms with Crippen LogP contribution in [-0.2, 0) is 21.6 Å². The summed E-state index contributed by atoms with van der Waals surface area (Å²) in [5.41, 5.74) is 6.18. The van der Waals surface area contributed by atoms with Crippen molar-refractivity contribution in [1.29, 1.82) is 0 Å². The molecule has 10 heteroatoms. The minimum absolute atomic E-state index is 0.177. The van der Waals surface area contributed by atoms with Crippen LogP contribution in [-0.4, -0.2) is 52.8 Å². The number of primary amides is 1. The summed E-state index contributed by atoms with van der Waals surface area (Å²) in [7, 11) is 1.20. The third-order valence-electron chi connectivity index (χ3n) is 7.75. The summed E-state index contributed by atoms with van der Waals surface area (Å²) in [6, 6.07) is 10.9. The first-order chi connectivity index (χ1) is 18.2. The van der Waals surface area contributed by atoms with Crippen LogP contribution in [0.2, 0.25) is 0 Å². The number of nitrogens with one attached hydrogen (secondary N) is 1. The normalized spacial score (nSPS) is 30.9. The van der Waals surface area contributed by atoms with Gasteiger partial charge in [-0.05, 0) is 55.5 Å². The number of benzene rings is 1. The Kier molecular flexibility index (Phi) is 7.21. The number of nitrogens with two attached hydrogens (primary N) is 1. The summed E-state index contributed by atoms with van der Waals surface area (Å²) in [6.45, 7) is 0.414. The lowest BCUT2D eigenvalue weighted by atomic mass is 9.77. The molecule has 5 rings (SSSR count). The van der Waals surface area contributed by atoms with Gasteiger partial charge in [0, 0.05) is 36.3 Å². The Morgan fingerprint density at radius 2 is 2.03 bits per heavy atom. The Labute approximate surface area is 225 Å². The molecule has 2 heterocycles. The van der Waals surface area contributed by atoms with Crippen LogP contribution in [0.1, 0.15) is 48.4 Å². The van der Waals surface area contributed by atoms with Gasteiger partial charge in [0.2, 0.25) is 5.91 Å². The van der Waals surface area contributed by atoms with Crippen molar-refractivity contribution in [2.24, 2.45) is 5.73 Å². The van der Waals surface area contributed by atoms with E-state index in [-0.39, 0.29) is 22.8 Å². The SMILES string of the molecule is COC1=C(Cl)C=C(C(N)=O)[C@@H](c2cccc3c2CC(CN[C@H]2CC[C@@H](O)CC2)(c2ccccn2)O3)[C@]1(O)F. The van der Waals surface area contributed by atoms with Crippen molar-refractivity contribution in [2.45, 2.75) is 61.6 Å². The smallest absolute Gasteiger partial charge is 0.277 e. The number of aromatic nitrogens is 1. The predicted octanol–water partition coefficient (Wildman–Crippen LogP) is 3.07. The first-order valence-electron chi connectivity index (χ1n) is 12.7. The summed E-state index contributed by atoms with van der Waals surface area (Å²) in [6.07, 6.45) is 6.11. The molecule has 2 aromatic rings. The van der Waals surface area contributed by atoms with Gasteiger partial charge in [-0.25, -0.2) is 4.39 Å². The predicted molar refractivity (Wildman–Crippen MR) is 139 cm³/mol. The van der Waals surface area contributed by atoms with Crippen LogP contribution in [0.4, 0.5) is 4.39 Å². The summed E-state index contributed by atoms with van der Waals surface area (Å²) in [4.78, 5) is 17.0. The third kappa shape index (κ3) is 4.68. The van der Waals surface area contributed by atoms with Gasteiger partial charge in [0.15, 0.2) is 11.4 Å². The molecule has 0 saturated heterocycles. The molecule has 0 bridgehead atoms. The summed E-state index contributed by atoms with van der Waals surface area (Å²) >= 11 is 6.14. The number of rotatable bonds is 7. The van der Waals surface area contributed by atoms with Crippen molar-refractivity contribution in [3.05, 3.63) is 81.9 Å². The van der Waals surface area contributed by atoms with E-state index in [1.54, 1.807) is 24.4 Å². The van der Waals surface area contributed by atoms with E-state index in [1.165, 1.54) is 13.2 Å². The number of pyridine rings is 1. The molecule has 1 saturated carbocycles. The van der Waals surface area contributed by atoms with Gasteiger partial charge in [0.05, 0.1) is 29.9 Å². The number of ether oxygens (including phenoxy) is 2. The second kappa shape index (κ2) is 10.3. The molecule has 1 fully saturated rings. The van der Waals surface area contributed by atoms with Crippen LogP contribution in [0.5, 0.6) is 5.75 Å². The fourth-order valence-corrected chi connectivity index (χ4v) is 6.17. The third-order valence-corrected chi connectivity index (χ3v) is 8.03. The van der Waals surface area contributed by atoms with Crippen LogP contribution in [0.15, 0.2) is 65.0 Å². The maximum Gasteiger partial charge on any atom is 0.277 e. The Morgan fingerprint density at radius 1 is 1.26 bits per heavy atom. The van der Waals surface area contributed by atoms with E-state index < -0.39 is 29.0 Å². The molecule has 2 aliphatic carbocycles. The van der Waals surface area contributed by atoms with Crippen LogP contribution >= 0.6 is 11.6 Å². The van der Waals surface area contributed by atoms with E-state index in [0.717, 1.165) is 25.7 Å². The Morgan fingerprint density at radius 3 is 2.68 bits per heavy atom. The Bertz CT molecular complexity index is 1280. The molecule has 8 nitrogen and oxygen atoms in total. The van der Waals surface area contributed by atoms with Gasteiger partial charge in [-0.2, -0.15) is 0 Å². The Balaban J connectivity index is 1.54. The van der Waals surface area contributed by atoms with Crippen LogP contribution in [0, 0.1) is 0 Å². The molecule has 3 atom stereocenters. The molecule has 3 aliphatic rings. The number of nitrogens with zero attached hydrogens (tertiary/aromatic N) is 1. The van der Waals surface area contributed by atoms with Crippen molar-refractivity contribution in [3.63, 3.8) is 0 Å². The van der Waals surface area contributed by atoms with Gasteiger partial charge in [0.1, 0.15) is 5.75 Å². The number of methoxy groups -OCH3 is 1. The highest BCUT2D eigenvalue weighted by atomic mass is 35.5.